The number of carbonyl (C=O) groups is 3. The summed E-state index contributed by atoms with van der Waals surface area (Å²) in [6.45, 7) is 0.351. The minimum Gasteiger partial charge on any atom is -0.493 e. The summed E-state index contributed by atoms with van der Waals surface area (Å²) in [5.41, 5.74) is 5.82. The summed E-state index contributed by atoms with van der Waals surface area (Å²) in [6.07, 6.45) is 4.10. The first-order chi connectivity index (χ1) is 13.5. The summed E-state index contributed by atoms with van der Waals surface area (Å²) in [5.74, 6) is -2.66. The molecule has 0 fully saturated rings. The fraction of sp³-hybridized carbons (Fsp3) is 0.190. The predicted octanol–water partition coefficient (Wildman–Crippen LogP) is 2.37. The van der Waals surface area contributed by atoms with Crippen LogP contribution in [0.5, 0.6) is 5.75 Å². The highest BCUT2D eigenvalue weighted by atomic mass is 19.1. The number of Topliss-reactive ketones (excluding diaryl/α,β-unsaturated/α-hetero) is 1. The lowest BCUT2D eigenvalue weighted by Crippen LogP contribution is -2.45. The lowest BCUT2D eigenvalue weighted by molar-refractivity contribution is -0.137. The predicted molar refractivity (Wildman–Crippen MR) is 101 cm³/mol. The van der Waals surface area contributed by atoms with Gasteiger partial charge in [-0.3, -0.25) is 14.4 Å². The SMILES string of the molecule is NC(=O)C(=O)[C@@H]1C/C=C\CCOc2ccc(F)c(c2)-c2ccccc2C(=O)N1. The molecular formula is C21H19FN2O4. The van der Waals surface area contributed by atoms with Gasteiger partial charge in [-0.2, -0.15) is 0 Å². The standard InChI is InChI=1S/C21H19FN2O4/c22-17-10-9-13-12-16(17)14-6-3-4-7-15(14)21(27)24-18(19(25)20(23)26)8-2-1-5-11-28-13/h1-4,6-7,9-10,12,18H,5,8,11H2,(H2,23,26)(H,24,27)/b2-1-/t18-/m0/s1. The number of nitrogens with one attached hydrogen (secondary N) is 1. The summed E-state index contributed by atoms with van der Waals surface area (Å²) in [7, 11) is 0. The summed E-state index contributed by atoms with van der Waals surface area (Å²) >= 11 is 0. The summed E-state index contributed by atoms with van der Waals surface area (Å²) in [5, 5.41) is 2.54. The molecule has 2 aromatic rings. The molecule has 28 heavy (non-hydrogen) atoms. The van der Waals surface area contributed by atoms with Crippen LogP contribution in [0.15, 0.2) is 54.6 Å². The molecule has 1 atom stereocenters. The van der Waals surface area contributed by atoms with Crippen LogP contribution in [0.4, 0.5) is 4.39 Å². The van der Waals surface area contributed by atoms with Crippen molar-refractivity contribution in [2.45, 2.75) is 18.9 Å². The van der Waals surface area contributed by atoms with E-state index >= 15 is 0 Å². The Morgan fingerprint density at radius 2 is 1.82 bits per heavy atom. The number of amides is 2. The second-order valence-corrected chi connectivity index (χ2v) is 6.29. The lowest BCUT2D eigenvalue weighted by Gasteiger charge is -2.17. The molecule has 7 heteroatoms. The van der Waals surface area contributed by atoms with E-state index in [1.807, 2.05) is 0 Å². The van der Waals surface area contributed by atoms with Crippen LogP contribution >= 0.6 is 0 Å². The van der Waals surface area contributed by atoms with Crippen molar-refractivity contribution in [1.29, 1.82) is 0 Å². The van der Waals surface area contributed by atoms with Crippen molar-refractivity contribution in [3.8, 4) is 16.9 Å². The molecule has 1 aliphatic heterocycles. The highest BCUT2D eigenvalue weighted by molar-refractivity contribution is 6.38. The second kappa shape index (κ2) is 8.47. The molecule has 6 nitrogen and oxygen atoms in total. The lowest BCUT2D eigenvalue weighted by atomic mass is 9.97. The van der Waals surface area contributed by atoms with E-state index in [0.717, 1.165) is 0 Å². The Balaban J connectivity index is 2.07. The van der Waals surface area contributed by atoms with E-state index in [4.69, 9.17) is 10.5 Å². The fourth-order valence-electron chi connectivity index (χ4n) is 2.95. The van der Waals surface area contributed by atoms with Gasteiger partial charge in [-0.15, -0.1) is 0 Å². The smallest absolute Gasteiger partial charge is 0.287 e. The van der Waals surface area contributed by atoms with Gasteiger partial charge in [0.05, 0.1) is 6.61 Å². The molecular weight excluding hydrogens is 363 g/mol. The van der Waals surface area contributed by atoms with E-state index in [1.54, 1.807) is 30.4 Å². The van der Waals surface area contributed by atoms with Gasteiger partial charge in [-0.25, -0.2) is 4.39 Å². The number of ether oxygens (including phenoxy) is 1. The minimum atomic E-state index is -1.13. The summed E-state index contributed by atoms with van der Waals surface area (Å²) < 4.78 is 20.1. The van der Waals surface area contributed by atoms with E-state index in [9.17, 15) is 18.8 Å². The first kappa shape index (κ1) is 19.3. The molecule has 3 rings (SSSR count). The monoisotopic (exact) mass is 382 g/mol. The number of hydrogen-bond donors (Lipinski definition) is 2. The maximum absolute atomic E-state index is 14.5. The van der Waals surface area contributed by atoms with Gasteiger partial charge in [0.25, 0.3) is 11.8 Å². The molecule has 1 heterocycles. The second-order valence-electron chi connectivity index (χ2n) is 6.29. The Hall–Kier alpha value is -3.48. The van der Waals surface area contributed by atoms with Gasteiger partial charge < -0.3 is 15.8 Å². The molecule has 2 aromatic carbocycles. The number of primary amides is 1. The van der Waals surface area contributed by atoms with E-state index in [1.165, 1.54) is 24.3 Å². The highest BCUT2D eigenvalue weighted by Crippen LogP contribution is 2.30. The topological polar surface area (TPSA) is 98.5 Å². The van der Waals surface area contributed by atoms with Gasteiger partial charge in [-0.1, -0.05) is 30.4 Å². The number of halogens is 1. The third-order valence-electron chi connectivity index (χ3n) is 4.36. The van der Waals surface area contributed by atoms with E-state index in [0.29, 0.717) is 24.3 Å². The van der Waals surface area contributed by atoms with E-state index in [2.05, 4.69) is 5.32 Å². The van der Waals surface area contributed by atoms with Crippen molar-refractivity contribution in [2.24, 2.45) is 5.73 Å². The zero-order valence-corrected chi connectivity index (χ0v) is 15.0. The van der Waals surface area contributed by atoms with Gasteiger partial charge >= 0.3 is 0 Å². The van der Waals surface area contributed by atoms with Crippen LogP contribution in [0.3, 0.4) is 0 Å². The van der Waals surface area contributed by atoms with Crippen LogP contribution in [0.2, 0.25) is 0 Å². The van der Waals surface area contributed by atoms with Crippen LogP contribution in [0.1, 0.15) is 23.2 Å². The molecule has 0 saturated heterocycles. The first-order valence-electron chi connectivity index (χ1n) is 8.78. The van der Waals surface area contributed by atoms with Crippen LogP contribution in [-0.2, 0) is 9.59 Å². The molecule has 1 aliphatic rings. The summed E-state index contributed by atoms with van der Waals surface area (Å²) in [4.78, 5) is 36.2. The van der Waals surface area contributed by atoms with E-state index in [-0.39, 0.29) is 17.5 Å². The molecule has 0 spiro atoms. The van der Waals surface area contributed by atoms with Crippen molar-refractivity contribution in [2.75, 3.05) is 6.61 Å². The minimum absolute atomic E-state index is 0.106. The Bertz CT molecular complexity index is 955. The number of ketones is 1. The summed E-state index contributed by atoms with van der Waals surface area (Å²) in [6, 6.07) is 9.66. The Morgan fingerprint density at radius 3 is 2.57 bits per heavy atom. The number of rotatable bonds is 2. The van der Waals surface area contributed by atoms with Crippen molar-refractivity contribution in [3.63, 3.8) is 0 Å². The quantitative estimate of drug-likeness (QED) is 0.615. The fourth-order valence-corrected chi connectivity index (χ4v) is 2.95. The maximum atomic E-state index is 14.5. The molecule has 0 saturated carbocycles. The molecule has 2 amide bonds. The zero-order valence-electron chi connectivity index (χ0n) is 15.0. The normalized spacial score (nSPS) is 18.0. The van der Waals surface area contributed by atoms with E-state index < -0.39 is 29.5 Å². The van der Waals surface area contributed by atoms with Crippen LogP contribution in [-0.4, -0.2) is 30.2 Å². The van der Waals surface area contributed by atoms with Gasteiger partial charge in [0, 0.05) is 11.1 Å². The number of fused-ring (bicyclic) bond motifs is 4. The molecule has 0 aromatic heterocycles. The maximum Gasteiger partial charge on any atom is 0.287 e. The molecule has 0 unspecified atom stereocenters. The average Bonchev–Trinajstić information content (AvgIpc) is 2.69. The largest absolute Gasteiger partial charge is 0.493 e. The van der Waals surface area contributed by atoms with Gasteiger partial charge in [-0.05, 0) is 42.7 Å². The third-order valence-corrected chi connectivity index (χ3v) is 4.36. The zero-order chi connectivity index (χ0) is 20.1. The third kappa shape index (κ3) is 4.25. The molecule has 3 N–H and O–H groups in total. The number of carbonyl (C=O) groups excluding carboxylic acids is 3. The van der Waals surface area contributed by atoms with Gasteiger partial charge in [0.2, 0.25) is 5.78 Å². The number of hydrogen-bond acceptors (Lipinski definition) is 4. The molecule has 0 aliphatic carbocycles. The van der Waals surface area contributed by atoms with Crippen molar-refractivity contribution < 1.29 is 23.5 Å². The van der Waals surface area contributed by atoms with Gasteiger partial charge in [0.1, 0.15) is 17.6 Å². The Kier molecular flexibility index (Phi) is 5.84. The Labute approximate surface area is 161 Å². The average molecular weight is 382 g/mol. The van der Waals surface area contributed by atoms with Crippen molar-refractivity contribution in [3.05, 3.63) is 66.0 Å². The molecule has 0 radical (unpaired) electrons. The van der Waals surface area contributed by atoms with Gasteiger partial charge in [0.15, 0.2) is 0 Å². The van der Waals surface area contributed by atoms with Crippen molar-refractivity contribution >= 4 is 17.6 Å². The first-order valence-corrected chi connectivity index (χ1v) is 8.78. The number of nitrogens with two attached hydrogens (primary N) is 1. The van der Waals surface area contributed by atoms with Crippen LogP contribution in [0.25, 0.3) is 11.1 Å². The number of benzene rings is 2. The van der Waals surface area contributed by atoms with Crippen molar-refractivity contribution in [1.82, 2.24) is 5.32 Å². The molecule has 2 bridgehead atoms. The molecule has 144 valence electrons. The highest BCUT2D eigenvalue weighted by Gasteiger charge is 2.26. The van der Waals surface area contributed by atoms with Crippen LogP contribution < -0.4 is 15.8 Å². The van der Waals surface area contributed by atoms with Crippen LogP contribution in [0, 0.1) is 5.82 Å². The Morgan fingerprint density at radius 1 is 1.07 bits per heavy atom.